The molecule has 3 N–H and O–H groups in total. The summed E-state index contributed by atoms with van der Waals surface area (Å²) in [5.74, 6) is 0.965. The molecule has 0 radical (unpaired) electrons. The predicted octanol–water partition coefficient (Wildman–Crippen LogP) is 4.35. The Kier molecular flexibility index (Phi) is 7.11. The molecule has 1 aliphatic carbocycles. The maximum absolute atomic E-state index is 12.5. The number of hydrogen-bond donors (Lipinski definition) is 2. The van der Waals surface area contributed by atoms with E-state index in [-0.39, 0.29) is 11.7 Å². The Morgan fingerprint density at radius 3 is 2.62 bits per heavy atom. The molecule has 3 aromatic rings. The van der Waals surface area contributed by atoms with Crippen molar-refractivity contribution in [3.8, 4) is 17.1 Å². The summed E-state index contributed by atoms with van der Waals surface area (Å²) in [5.41, 5.74) is 6.64. The number of hydrogen-bond acceptors (Lipinski definition) is 7. The Balaban J connectivity index is 1.53. The summed E-state index contributed by atoms with van der Waals surface area (Å²) >= 11 is 2.62. The van der Waals surface area contributed by atoms with Gasteiger partial charge in [0.15, 0.2) is 11.0 Å². The van der Waals surface area contributed by atoms with E-state index in [2.05, 4.69) is 20.1 Å². The predicted molar refractivity (Wildman–Crippen MR) is 126 cm³/mol. The number of methoxy groups -OCH3 is 1. The van der Waals surface area contributed by atoms with Gasteiger partial charge in [-0.25, -0.2) is 0 Å². The number of rotatable bonds is 8. The fourth-order valence-corrected chi connectivity index (χ4v) is 5.49. The molecule has 1 aromatic carbocycles. The first-order chi connectivity index (χ1) is 15.6. The number of primary amides is 1. The van der Waals surface area contributed by atoms with Gasteiger partial charge in [-0.15, -0.1) is 21.5 Å². The molecule has 0 aliphatic heterocycles. The van der Waals surface area contributed by atoms with Gasteiger partial charge >= 0.3 is 0 Å². The minimum Gasteiger partial charge on any atom is -0.497 e. The monoisotopic (exact) mass is 471 g/mol. The van der Waals surface area contributed by atoms with Gasteiger partial charge < -0.3 is 15.8 Å². The highest BCUT2D eigenvalue weighted by atomic mass is 32.2. The molecule has 2 heterocycles. The van der Waals surface area contributed by atoms with E-state index < -0.39 is 5.91 Å². The van der Waals surface area contributed by atoms with Crippen LogP contribution < -0.4 is 15.8 Å². The molecule has 0 spiro atoms. The first kappa shape index (κ1) is 22.3. The quantitative estimate of drug-likeness (QED) is 0.472. The molecule has 32 heavy (non-hydrogen) atoms. The molecule has 4 rings (SSSR count). The molecule has 0 bridgehead atoms. The molecule has 10 heteroatoms. The highest BCUT2D eigenvalue weighted by Crippen LogP contribution is 2.36. The van der Waals surface area contributed by atoms with Crippen LogP contribution in [0.25, 0.3) is 11.4 Å². The third-order valence-corrected chi connectivity index (χ3v) is 7.24. The van der Waals surface area contributed by atoms with Crippen molar-refractivity contribution >= 4 is 39.9 Å². The second-order valence-corrected chi connectivity index (χ2v) is 9.42. The van der Waals surface area contributed by atoms with Crippen molar-refractivity contribution in [1.29, 1.82) is 0 Å². The van der Waals surface area contributed by atoms with Gasteiger partial charge in [-0.2, -0.15) is 0 Å². The van der Waals surface area contributed by atoms with E-state index in [1.54, 1.807) is 18.6 Å². The average Bonchev–Trinajstić information content (AvgIpc) is 3.45. The molecular weight excluding hydrogens is 446 g/mol. The van der Waals surface area contributed by atoms with Gasteiger partial charge in [0.05, 0.1) is 18.4 Å². The highest BCUT2D eigenvalue weighted by Gasteiger charge is 2.24. The SMILES string of the molecule is COc1ccc(-c2nnc(SCC(=O)Nc3sccc3C(N)=O)n2C2CCCCC2)cc1. The molecule has 8 nitrogen and oxygen atoms in total. The fraction of sp³-hybridized carbons (Fsp3) is 0.364. The van der Waals surface area contributed by atoms with E-state index in [9.17, 15) is 9.59 Å². The summed E-state index contributed by atoms with van der Waals surface area (Å²) in [4.78, 5) is 24.0. The van der Waals surface area contributed by atoms with E-state index in [1.165, 1.54) is 42.4 Å². The third-order valence-electron chi connectivity index (χ3n) is 5.47. The van der Waals surface area contributed by atoms with Crippen molar-refractivity contribution in [3.63, 3.8) is 0 Å². The number of amides is 2. The molecule has 0 atom stereocenters. The lowest BCUT2D eigenvalue weighted by Gasteiger charge is -2.25. The number of nitrogens with two attached hydrogens (primary N) is 1. The topological polar surface area (TPSA) is 112 Å². The number of aromatic nitrogens is 3. The molecular formula is C22H25N5O3S2. The first-order valence-electron chi connectivity index (χ1n) is 10.5. The Labute approximate surface area is 194 Å². The normalized spacial score (nSPS) is 14.3. The zero-order chi connectivity index (χ0) is 22.5. The fourth-order valence-electron chi connectivity index (χ4n) is 3.87. The van der Waals surface area contributed by atoms with Gasteiger partial charge in [-0.05, 0) is 48.6 Å². The molecule has 168 valence electrons. The van der Waals surface area contributed by atoms with Crippen LogP contribution in [0.1, 0.15) is 48.5 Å². The molecule has 1 fully saturated rings. The molecule has 1 saturated carbocycles. The van der Waals surface area contributed by atoms with E-state index in [1.807, 2.05) is 24.3 Å². The van der Waals surface area contributed by atoms with Crippen LogP contribution in [0.2, 0.25) is 0 Å². The number of thioether (sulfide) groups is 1. The van der Waals surface area contributed by atoms with Crippen LogP contribution in [0.15, 0.2) is 40.9 Å². The number of nitrogens with one attached hydrogen (secondary N) is 1. The van der Waals surface area contributed by atoms with Crippen molar-refractivity contribution in [2.24, 2.45) is 5.73 Å². The van der Waals surface area contributed by atoms with Gasteiger partial charge in [0.2, 0.25) is 5.91 Å². The highest BCUT2D eigenvalue weighted by molar-refractivity contribution is 7.99. The van der Waals surface area contributed by atoms with Crippen LogP contribution in [0, 0.1) is 0 Å². The molecule has 2 aromatic heterocycles. The lowest BCUT2D eigenvalue weighted by Crippen LogP contribution is -2.19. The Morgan fingerprint density at radius 1 is 1.19 bits per heavy atom. The zero-order valence-electron chi connectivity index (χ0n) is 17.7. The maximum atomic E-state index is 12.5. The summed E-state index contributed by atoms with van der Waals surface area (Å²) < 4.78 is 7.45. The second-order valence-electron chi connectivity index (χ2n) is 7.56. The van der Waals surface area contributed by atoms with Crippen LogP contribution in [-0.2, 0) is 4.79 Å². The summed E-state index contributed by atoms with van der Waals surface area (Å²) in [6.07, 6.45) is 5.72. The van der Waals surface area contributed by atoms with E-state index >= 15 is 0 Å². The number of thiophene rings is 1. The average molecular weight is 472 g/mol. The Bertz CT molecular complexity index is 1090. The number of ether oxygens (including phenoxy) is 1. The van der Waals surface area contributed by atoms with Gasteiger partial charge in [0, 0.05) is 11.6 Å². The van der Waals surface area contributed by atoms with Crippen LogP contribution in [0.3, 0.4) is 0 Å². The van der Waals surface area contributed by atoms with E-state index in [4.69, 9.17) is 10.5 Å². The minimum atomic E-state index is -0.560. The van der Waals surface area contributed by atoms with Crippen molar-refractivity contribution in [2.75, 3.05) is 18.2 Å². The summed E-state index contributed by atoms with van der Waals surface area (Å²) in [5, 5.41) is 14.6. The van der Waals surface area contributed by atoms with Gasteiger partial charge in [-0.3, -0.25) is 14.2 Å². The standard InChI is InChI=1S/C22H25N5O3S2/c1-30-16-9-7-14(8-10-16)20-25-26-22(27(20)15-5-3-2-4-6-15)32-13-18(28)24-21-17(19(23)29)11-12-31-21/h7-12,15H,2-6,13H2,1H3,(H2,23,29)(H,24,28). The zero-order valence-corrected chi connectivity index (χ0v) is 19.4. The molecule has 0 saturated heterocycles. The van der Waals surface area contributed by atoms with Gasteiger partial charge in [0.25, 0.3) is 5.91 Å². The number of carbonyl (C=O) groups excluding carboxylic acids is 2. The number of carbonyl (C=O) groups is 2. The van der Waals surface area contributed by atoms with Crippen molar-refractivity contribution in [3.05, 3.63) is 41.3 Å². The molecule has 1 aliphatic rings. The van der Waals surface area contributed by atoms with Gasteiger partial charge in [0.1, 0.15) is 10.8 Å². The number of nitrogens with zero attached hydrogens (tertiary/aromatic N) is 3. The smallest absolute Gasteiger partial charge is 0.251 e. The molecule has 0 unspecified atom stereocenters. The van der Waals surface area contributed by atoms with Crippen LogP contribution in [0.5, 0.6) is 5.75 Å². The summed E-state index contributed by atoms with van der Waals surface area (Å²) in [6, 6.07) is 9.69. The van der Waals surface area contributed by atoms with Gasteiger partial charge in [-0.1, -0.05) is 31.0 Å². The lowest BCUT2D eigenvalue weighted by molar-refractivity contribution is -0.113. The first-order valence-corrected chi connectivity index (χ1v) is 12.3. The lowest BCUT2D eigenvalue weighted by atomic mass is 9.95. The summed E-state index contributed by atoms with van der Waals surface area (Å²) in [6.45, 7) is 0. The van der Waals surface area contributed by atoms with E-state index in [0.29, 0.717) is 16.6 Å². The minimum absolute atomic E-state index is 0.156. The maximum Gasteiger partial charge on any atom is 0.251 e. The Morgan fingerprint density at radius 2 is 1.94 bits per heavy atom. The number of anilines is 1. The van der Waals surface area contributed by atoms with Crippen molar-refractivity contribution in [2.45, 2.75) is 43.3 Å². The van der Waals surface area contributed by atoms with Crippen LogP contribution >= 0.6 is 23.1 Å². The van der Waals surface area contributed by atoms with Crippen molar-refractivity contribution in [1.82, 2.24) is 14.8 Å². The summed E-state index contributed by atoms with van der Waals surface area (Å²) in [7, 11) is 1.64. The van der Waals surface area contributed by atoms with Crippen LogP contribution in [-0.4, -0.2) is 39.4 Å². The van der Waals surface area contributed by atoms with E-state index in [0.717, 1.165) is 35.1 Å². The van der Waals surface area contributed by atoms with Crippen molar-refractivity contribution < 1.29 is 14.3 Å². The largest absolute Gasteiger partial charge is 0.497 e. The number of benzene rings is 1. The molecule has 2 amide bonds. The third kappa shape index (κ3) is 4.97. The van der Waals surface area contributed by atoms with Crippen LogP contribution in [0.4, 0.5) is 5.00 Å². The Hall–Kier alpha value is -2.85. The second kappa shape index (κ2) is 10.2.